The maximum Gasteiger partial charge on any atom is 0.252 e. The fourth-order valence-corrected chi connectivity index (χ4v) is 3.50. The SMILES string of the molecule is CC1CCCC(CNC(=O)c2cc(Cl)ccc2I)C1. The summed E-state index contributed by atoms with van der Waals surface area (Å²) in [4.78, 5) is 12.2. The predicted molar refractivity (Wildman–Crippen MR) is 87.6 cm³/mol. The Kier molecular flexibility index (Phi) is 5.51. The number of halogens is 2. The van der Waals surface area contributed by atoms with E-state index in [1.807, 2.05) is 12.1 Å². The van der Waals surface area contributed by atoms with Crippen LogP contribution >= 0.6 is 34.2 Å². The number of carbonyl (C=O) groups excluding carboxylic acids is 1. The van der Waals surface area contributed by atoms with E-state index < -0.39 is 0 Å². The van der Waals surface area contributed by atoms with Crippen LogP contribution < -0.4 is 5.32 Å². The van der Waals surface area contributed by atoms with Gasteiger partial charge in [0, 0.05) is 15.1 Å². The summed E-state index contributed by atoms with van der Waals surface area (Å²) in [6, 6.07) is 5.42. The maximum atomic E-state index is 12.2. The van der Waals surface area contributed by atoms with Crippen LogP contribution in [-0.2, 0) is 0 Å². The molecule has 0 saturated heterocycles. The highest BCUT2D eigenvalue weighted by atomic mass is 127. The number of hydrogen-bond donors (Lipinski definition) is 1. The van der Waals surface area contributed by atoms with Gasteiger partial charge in [-0.1, -0.05) is 31.4 Å². The summed E-state index contributed by atoms with van der Waals surface area (Å²) >= 11 is 8.12. The van der Waals surface area contributed by atoms with Crippen LogP contribution in [0.5, 0.6) is 0 Å². The molecular weight excluding hydrogens is 373 g/mol. The van der Waals surface area contributed by atoms with E-state index in [4.69, 9.17) is 11.6 Å². The monoisotopic (exact) mass is 391 g/mol. The van der Waals surface area contributed by atoms with Gasteiger partial charge in [0.2, 0.25) is 0 Å². The van der Waals surface area contributed by atoms with Gasteiger partial charge in [-0.25, -0.2) is 0 Å². The van der Waals surface area contributed by atoms with Crippen LogP contribution in [0.3, 0.4) is 0 Å². The lowest BCUT2D eigenvalue weighted by molar-refractivity contribution is 0.0940. The molecule has 2 unspecified atom stereocenters. The summed E-state index contributed by atoms with van der Waals surface area (Å²) in [5, 5.41) is 3.66. The minimum atomic E-state index is -0.00914. The van der Waals surface area contributed by atoms with E-state index in [0.29, 0.717) is 16.5 Å². The molecule has 1 fully saturated rings. The van der Waals surface area contributed by atoms with Crippen LogP contribution in [-0.4, -0.2) is 12.5 Å². The zero-order valence-corrected chi connectivity index (χ0v) is 14.0. The summed E-state index contributed by atoms with van der Waals surface area (Å²) in [6.07, 6.45) is 5.08. The molecule has 1 aromatic carbocycles. The van der Waals surface area contributed by atoms with Crippen molar-refractivity contribution in [2.45, 2.75) is 32.6 Å². The first-order valence-corrected chi connectivity index (χ1v) is 8.25. The second-order valence-electron chi connectivity index (χ2n) is 5.47. The second-order valence-corrected chi connectivity index (χ2v) is 7.07. The Labute approximate surface area is 133 Å². The Bertz CT molecular complexity index is 463. The topological polar surface area (TPSA) is 29.1 Å². The van der Waals surface area contributed by atoms with Gasteiger partial charge in [-0.05, 0) is 65.5 Å². The number of carbonyl (C=O) groups is 1. The van der Waals surface area contributed by atoms with E-state index >= 15 is 0 Å². The molecule has 1 saturated carbocycles. The summed E-state index contributed by atoms with van der Waals surface area (Å²) in [6.45, 7) is 3.08. The second kappa shape index (κ2) is 6.93. The third-order valence-electron chi connectivity index (χ3n) is 3.77. The van der Waals surface area contributed by atoms with Crippen LogP contribution in [0.1, 0.15) is 43.0 Å². The summed E-state index contributed by atoms with van der Waals surface area (Å²) in [7, 11) is 0. The van der Waals surface area contributed by atoms with E-state index in [-0.39, 0.29) is 5.91 Å². The van der Waals surface area contributed by atoms with Gasteiger partial charge in [0.25, 0.3) is 5.91 Å². The van der Waals surface area contributed by atoms with Gasteiger partial charge in [-0.2, -0.15) is 0 Å². The highest BCUT2D eigenvalue weighted by molar-refractivity contribution is 14.1. The van der Waals surface area contributed by atoms with Gasteiger partial charge in [0.15, 0.2) is 0 Å². The number of benzene rings is 1. The van der Waals surface area contributed by atoms with E-state index in [1.165, 1.54) is 25.7 Å². The lowest BCUT2D eigenvalue weighted by Gasteiger charge is -2.26. The van der Waals surface area contributed by atoms with Crippen molar-refractivity contribution in [3.05, 3.63) is 32.4 Å². The molecule has 0 spiro atoms. The van der Waals surface area contributed by atoms with Crippen LogP contribution in [0.2, 0.25) is 5.02 Å². The third-order valence-corrected chi connectivity index (χ3v) is 4.95. The van der Waals surface area contributed by atoms with Gasteiger partial charge in [0.05, 0.1) is 5.56 Å². The van der Waals surface area contributed by atoms with Crippen LogP contribution in [0.25, 0.3) is 0 Å². The van der Waals surface area contributed by atoms with E-state index in [0.717, 1.165) is 16.0 Å². The van der Waals surface area contributed by atoms with E-state index in [1.54, 1.807) is 6.07 Å². The minimum absolute atomic E-state index is 0.00914. The Morgan fingerprint density at radius 3 is 3.00 bits per heavy atom. The van der Waals surface area contributed by atoms with Crippen LogP contribution in [0.4, 0.5) is 0 Å². The molecule has 104 valence electrons. The summed E-state index contributed by atoms with van der Waals surface area (Å²) < 4.78 is 0.941. The standard InChI is InChI=1S/C15H19ClINO/c1-10-3-2-4-11(7-10)9-18-15(19)13-8-12(16)5-6-14(13)17/h5-6,8,10-11H,2-4,7,9H2,1H3,(H,18,19). The molecule has 0 aliphatic heterocycles. The first-order valence-electron chi connectivity index (χ1n) is 6.79. The Hall–Kier alpha value is -0.290. The van der Waals surface area contributed by atoms with Gasteiger partial charge in [-0.15, -0.1) is 0 Å². The molecule has 0 aromatic heterocycles. The van der Waals surface area contributed by atoms with Crippen LogP contribution in [0, 0.1) is 15.4 Å². The average Bonchev–Trinajstić information content (AvgIpc) is 2.39. The Morgan fingerprint density at radius 1 is 1.47 bits per heavy atom. The third kappa shape index (κ3) is 4.35. The number of nitrogens with one attached hydrogen (secondary N) is 1. The molecule has 1 aliphatic carbocycles. The highest BCUT2D eigenvalue weighted by Gasteiger charge is 2.20. The lowest BCUT2D eigenvalue weighted by Crippen LogP contribution is -2.31. The van der Waals surface area contributed by atoms with Crippen molar-refractivity contribution in [2.75, 3.05) is 6.54 Å². The minimum Gasteiger partial charge on any atom is -0.352 e. The molecule has 1 amide bonds. The van der Waals surface area contributed by atoms with Gasteiger partial charge >= 0.3 is 0 Å². The Morgan fingerprint density at radius 2 is 2.26 bits per heavy atom. The fraction of sp³-hybridized carbons (Fsp3) is 0.533. The van der Waals surface area contributed by atoms with Gasteiger partial charge in [-0.3, -0.25) is 4.79 Å². The molecule has 2 rings (SSSR count). The molecule has 4 heteroatoms. The molecule has 19 heavy (non-hydrogen) atoms. The van der Waals surface area contributed by atoms with E-state index in [2.05, 4.69) is 34.8 Å². The van der Waals surface area contributed by atoms with Crippen molar-refractivity contribution >= 4 is 40.1 Å². The quantitative estimate of drug-likeness (QED) is 0.755. The number of amides is 1. The van der Waals surface area contributed by atoms with Crippen molar-refractivity contribution in [2.24, 2.45) is 11.8 Å². The largest absolute Gasteiger partial charge is 0.352 e. The molecule has 0 radical (unpaired) electrons. The molecular formula is C15H19ClINO. The lowest BCUT2D eigenvalue weighted by atomic mass is 9.82. The van der Waals surface area contributed by atoms with Crippen LogP contribution in [0.15, 0.2) is 18.2 Å². The zero-order valence-electron chi connectivity index (χ0n) is 11.1. The van der Waals surface area contributed by atoms with Crippen molar-refractivity contribution in [3.8, 4) is 0 Å². The molecule has 2 nitrogen and oxygen atoms in total. The zero-order chi connectivity index (χ0) is 13.8. The first kappa shape index (κ1) is 15.1. The van der Waals surface area contributed by atoms with Crippen molar-refractivity contribution in [1.82, 2.24) is 5.32 Å². The highest BCUT2D eigenvalue weighted by Crippen LogP contribution is 2.28. The van der Waals surface area contributed by atoms with Crippen molar-refractivity contribution < 1.29 is 4.79 Å². The molecule has 1 aromatic rings. The van der Waals surface area contributed by atoms with Crippen molar-refractivity contribution in [3.63, 3.8) is 0 Å². The maximum absolute atomic E-state index is 12.2. The fourth-order valence-electron chi connectivity index (χ4n) is 2.75. The summed E-state index contributed by atoms with van der Waals surface area (Å²) in [5.74, 6) is 1.41. The molecule has 1 N–H and O–H groups in total. The van der Waals surface area contributed by atoms with Crippen molar-refractivity contribution in [1.29, 1.82) is 0 Å². The van der Waals surface area contributed by atoms with E-state index in [9.17, 15) is 4.79 Å². The average molecular weight is 392 g/mol. The molecule has 2 atom stereocenters. The normalized spacial score (nSPS) is 23.1. The van der Waals surface area contributed by atoms with Gasteiger partial charge in [0.1, 0.15) is 0 Å². The summed E-state index contributed by atoms with van der Waals surface area (Å²) in [5.41, 5.74) is 0.678. The molecule has 0 bridgehead atoms. The predicted octanol–water partition coefficient (Wildman–Crippen LogP) is 4.50. The molecule has 1 aliphatic rings. The number of rotatable bonds is 3. The smallest absolute Gasteiger partial charge is 0.252 e. The molecule has 0 heterocycles. The Balaban J connectivity index is 1.92. The van der Waals surface area contributed by atoms with Gasteiger partial charge < -0.3 is 5.32 Å². The number of hydrogen-bond acceptors (Lipinski definition) is 1. The first-order chi connectivity index (χ1) is 9.06.